The van der Waals surface area contributed by atoms with Crippen LogP contribution in [-0.4, -0.2) is 50.9 Å². The number of piperidine rings is 1. The predicted molar refractivity (Wildman–Crippen MR) is 95.6 cm³/mol. The number of hydrogen-bond donors (Lipinski definition) is 0. The third kappa shape index (κ3) is 3.25. The van der Waals surface area contributed by atoms with Crippen molar-refractivity contribution in [3.8, 4) is 0 Å². The molecule has 0 saturated carbocycles. The van der Waals surface area contributed by atoms with Crippen LogP contribution in [0.4, 0.5) is 0 Å². The zero-order valence-electron chi connectivity index (χ0n) is 14.8. The van der Waals surface area contributed by atoms with E-state index in [2.05, 4.69) is 17.1 Å². The minimum atomic E-state index is -0.142. The Hall–Kier alpha value is -2.22. The van der Waals surface area contributed by atoms with Crippen LogP contribution >= 0.6 is 11.3 Å². The average molecular weight is 374 g/mol. The summed E-state index contributed by atoms with van der Waals surface area (Å²) in [7, 11) is 0. The van der Waals surface area contributed by atoms with Crippen molar-refractivity contribution in [1.29, 1.82) is 0 Å². The Morgan fingerprint density at radius 3 is 3.04 bits per heavy atom. The number of thiazole rings is 1. The first-order valence-electron chi connectivity index (χ1n) is 9.08. The van der Waals surface area contributed by atoms with Gasteiger partial charge in [-0.2, -0.15) is 0 Å². The summed E-state index contributed by atoms with van der Waals surface area (Å²) in [5.41, 5.74) is 3.03. The zero-order chi connectivity index (χ0) is 18.1. The van der Waals surface area contributed by atoms with Crippen LogP contribution in [0.3, 0.4) is 0 Å². The molecule has 0 aromatic carbocycles. The molecule has 2 amide bonds. The number of carbonyl (C=O) groups excluding carboxylic acids is 2. The van der Waals surface area contributed by atoms with Crippen molar-refractivity contribution in [2.75, 3.05) is 13.1 Å². The third-order valence-corrected chi connectivity index (χ3v) is 5.81. The normalized spacial score (nSPS) is 22.7. The van der Waals surface area contributed by atoms with Crippen molar-refractivity contribution in [2.24, 2.45) is 5.92 Å². The van der Waals surface area contributed by atoms with Crippen LogP contribution in [0.15, 0.2) is 21.5 Å². The molecule has 2 bridgehead atoms. The third-order valence-electron chi connectivity index (χ3n) is 5.17. The maximum absolute atomic E-state index is 12.9. The first kappa shape index (κ1) is 17.2. The first-order valence-corrected chi connectivity index (χ1v) is 10.0. The fourth-order valence-corrected chi connectivity index (χ4v) is 4.39. The van der Waals surface area contributed by atoms with Crippen molar-refractivity contribution in [3.63, 3.8) is 0 Å². The SMILES string of the molecule is CCCc1cc(C(=O)N2C[C@H]3CC[C@@H](C2)N(Cc2cscn2)C3=O)no1. The lowest BCUT2D eigenvalue weighted by atomic mass is 9.94. The van der Waals surface area contributed by atoms with Gasteiger partial charge in [0.25, 0.3) is 5.91 Å². The predicted octanol–water partition coefficient (Wildman–Crippen LogP) is 2.35. The Kier molecular flexibility index (Phi) is 4.76. The van der Waals surface area contributed by atoms with Gasteiger partial charge in [-0.15, -0.1) is 11.3 Å². The number of amides is 2. The van der Waals surface area contributed by atoms with E-state index in [1.807, 2.05) is 10.3 Å². The second-order valence-electron chi connectivity index (χ2n) is 7.01. The summed E-state index contributed by atoms with van der Waals surface area (Å²) in [6.45, 7) is 3.58. The van der Waals surface area contributed by atoms with Crippen LogP contribution in [0.25, 0.3) is 0 Å². The molecule has 0 N–H and O–H groups in total. The molecular formula is C18H22N4O3S. The fraction of sp³-hybridized carbons (Fsp3) is 0.556. The lowest BCUT2D eigenvalue weighted by Crippen LogP contribution is -2.47. The van der Waals surface area contributed by atoms with Gasteiger partial charge in [0, 0.05) is 37.0 Å². The molecule has 2 atom stereocenters. The van der Waals surface area contributed by atoms with Gasteiger partial charge in [0.05, 0.1) is 23.7 Å². The van der Waals surface area contributed by atoms with E-state index < -0.39 is 0 Å². The highest BCUT2D eigenvalue weighted by Crippen LogP contribution is 2.31. The van der Waals surface area contributed by atoms with Crippen LogP contribution < -0.4 is 0 Å². The maximum Gasteiger partial charge on any atom is 0.276 e. The summed E-state index contributed by atoms with van der Waals surface area (Å²) < 4.78 is 5.25. The molecule has 8 heteroatoms. The van der Waals surface area contributed by atoms with Crippen LogP contribution in [-0.2, 0) is 17.8 Å². The highest BCUT2D eigenvalue weighted by molar-refractivity contribution is 7.07. The molecule has 3 aliphatic heterocycles. The lowest BCUT2D eigenvalue weighted by molar-refractivity contribution is -0.140. The first-order chi connectivity index (χ1) is 12.7. The van der Waals surface area contributed by atoms with E-state index in [1.165, 1.54) is 11.3 Å². The van der Waals surface area contributed by atoms with Crippen LogP contribution in [0.1, 0.15) is 48.1 Å². The minimum absolute atomic E-state index is 0.0360. The Morgan fingerprint density at radius 1 is 1.38 bits per heavy atom. The number of nitrogens with zero attached hydrogens (tertiary/aromatic N) is 4. The zero-order valence-corrected chi connectivity index (χ0v) is 15.6. The monoisotopic (exact) mass is 374 g/mol. The van der Waals surface area contributed by atoms with E-state index in [0.29, 0.717) is 25.3 Å². The molecule has 0 spiro atoms. The van der Waals surface area contributed by atoms with Gasteiger partial charge < -0.3 is 14.3 Å². The molecule has 0 unspecified atom stereocenters. The standard InChI is InChI=1S/C18H22N4O3S/c1-2-3-15-6-16(20-25-15)18(24)21-7-12-4-5-14(9-21)22(17(12)23)8-13-10-26-11-19-13/h6,10-12,14H,2-5,7-9H2,1H3/t12-,14+/m1/s1. The fourth-order valence-electron chi connectivity index (χ4n) is 3.84. The summed E-state index contributed by atoms with van der Waals surface area (Å²) in [4.78, 5) is 33.7. The second-order valence-corrected chi connectivity index (χ2v) is 7.73. The molecule has 5 heterocycles. The van der Waals surface area contributed by atoms with Gasteiger partial charge in [-0.3, -0.25) is 9.59 Å². The van der Waals surface area contributed by atoms with Crippen molar-refractivity contribution >= 4 is 23.2 Å². The minimum Gasteiger partial charge on any atom is -0.361 e. The molecule has 3 fully saturated rings. The molecular weight excluding hydrogens is 352 g/mol. The molecule has 3 saturated heterocycles. The average Bonchev–Trinajstić information content (AvgIpc) is 3.24. The molecule has 138 valence electrons. The number of aryl methyl sites for hydroxylation is 1. The summed E-state index contributed by atoms with van der Waals surface area (Å²) >= 11 is 1.53. The molecule has 0 radical (unpaired) electrons. The van der Waals surface area contributed by atoms with E-state index in [-0.39, 0.29) is 23.8 Å². The van der Waals surface area contributed by atoms with E-state index >= 15 is 0 Å². The van der Waals surface area contributed by atoms with E-state index in [9.17, 15) is 9.59 Å². The van der Waals surface area contributed by atoms with Gasteiger partial charge in [-0.25, -0.2) is 4.98 Å². The van der Waals surface area contributed by atoms with Crippen LogP contribution in [0.2, 0.25) is 0 Å². The summed E-state index contributed by atoms with van der Waals surface area (Å²) in [6.07, 6.45) is 3.47. The number of aromatic nitrogens is 2. The Bertz CT molecular complexity index is 788. The Balaban J connectivity index is 1.51. The summed E-state index contributed by atoms with van der Waals surface area (Å²) in [5, 5.41) is 5.91. The van der Waals surface area contributed by atoms with Gasteiger partial charge in [-0.05, 0) is 19.3 Å². The molecule has 2 aromatic heterocycles. The van der Waals surface area contributed by atoms with Crippen molar-refractivity contribution in [2.45, 2.75) is 45.2 Å². The number of fused-ring (bicyclic) bond motifs is 4. The number of carbonyl (C=O) groups is 2. The lowest BCUT2D eigenvalue weighted by Gasteiger charge is -2.35. The summed E-state index contributed by atoms with van der Waals surface area (Å²) in [6, 6.07) is 1.77. The van der Waals surface area contributed by atoms with Gasteiger partial charge in [0.2, 0.25) is 5.91 Å². The molecule has 2 aromatic rings. The van der Waals surface area contributed by atoms with Crippen LogP contribution in [0, 0.1) is 5.92 Å². The summed E-state index contributed by atoms with van der Waals surface area (Å²) in [5.74, 6) is 0.584. The molecule has 5 rings (SSSR count). The van der Waals surface area contributed by atoms with E-state index in [4.69, 9.17) is 4.52 Å². The quantitative estimate of drug-likeness (QED) is 0.803. The van der Waals surface area contributed by atoms with Gasteiger partial charge in [0.1, 0.15) is 5.76 Å². The highest BCUT2D eigenvalue weighted by atomic mass is 32.1. The van der Waals surface area contributed by atoms with E-state index in [0.717, 1.165) is 37.1 Å². The Morgan fingerprint density at radius 2 is 2.27 bits per heavy atom. The van der Waals surface area contributed by atoms with Gasteiger partial charge in [-0.1, -0.05) is 12.1 Å². The van der Waals surface area contributed by atoms with Gasteiger partial charge >= 0.3 is 0 Å². The second kappa shape index (κ2) is 7.19. The van der Waals surface area contributed by atoms with Gasteiger partial charge in [0.15, 0.2) is 5.69 Å². The molecule has 7 nitrogen and oxygen atoms in total. The molecule has 3 aliphatic rings. The Labute approximate surface area is 156 Å². The van der Waals surface area contributed by atoms with Crippen molar-refractivity contribution < 1.29 is 14.1 Å². The smallest absolute Gasteiger partial charge is 0.276 e. The van der Waals surface area contributed by atoms with Crippen molar-refractivity contribution in [1.82, 2.24) is 19.9 Å². The number of hydrogen-bond acceptors (Lipinski definition) is 6. The largest absolute Gasteiger partial charge is 0.361 e. The van der Waals surface area contributed by atoms with Crippen molar-refractivity contribution in [3.05, 3.63) is 34.1 Å². The van der Waals surface area contributed by atoms with Crippen LogP contribution in [0.5, 0.6) is 0 Å². The molecule has 0 aliphatic carbocycles. The molecule has 26 heavy (non-hydrogen) atoms. The highest BCUT2D eigenvalue weighted by Gasteiger charge is 2.42. The topological polar surface area (TPSA) is 79.5 Å². The van der Waals surface area contributed by atoms with E-state index in [1.54, 1.807) is 16.5 Å². The maximum atomic E-state index is 12.9. The number of rotatable bonds is 5.